The number of aromatic nitrogens is 2. The lowest BCUT2D eigenvalue weighted by Gasteiger charge is -2.21. The van der Waals surface area contributed by atoms with Gasteiger partial charge in [0.15, 0.2) is 0 Å². The van der Waals surface area contributed by atoms with E-state index < -0.39 is 0 Å². The molecular formula is C16H15N5O2. The van der Waals surface area contributed by atoms with Gasteiger partial charge in [-0.1, -0.05) is 12.1 Å². The fourth-order valence-corrected chi connectivity index (χ4v) is 2.24. The highest BCUT2D eigenvalue weighted by atomic mass is 16.2. The van der Waals surface area contributed by atoms with E-state index in [1.807, 2.05) is 12.1 Å². The number of benzene rings is 1. The van der Waals surface area contributed by atoms with Crippen LogP contribution in [0.3, 0.4) is 0 Å². The summed E-state index contributed by atoms with van der Waals surface area (Å²) < 4.78 is 1.36. The molecule has 23 heavy (non-hydrogen) atoms. The summed E-state index contributed by atoms with van der Waals surface area (Å²) in [5.74, 6) is -0.297. The minimum atomic E-state index is -0.363. The number of carbonyl (C=O) groups is 1. The first kappa shape index (κ1) is 16.2. The van der Waals surface area contributed by atoms with E-state index in [0.29, 0.717) is 11.0 Å². The summed E-state index contributed by atoms with van der Waals surface area (Å²) in [5, 5.41) is 17.4. The average Bonchev–Trinajstić information content (AvgIpc) is 2.57. The van der Waals surface area contributed by atoms with Crippen molar-refractivity contribution in [3.8, 4) is 12.1 Å². The molecule has 0 N–H and O–H groups in total. The van der Waals surface area contributed by atoms with Crippen molar-refractivity contribution < 1.29 is 4.79 Å². The predicted octanol–water partition coefficient (Wildman–Crippen LogP) is 1.05. The molecule has 0 saturated heterocycles. The molecule has 1 heterocycles. The monoisotopic (exact) mass is 309 g/mol. The molecule has 1 amide bonds. The van der Waals surface area contributed by atoms with Gasteiger partial charge in [0.05, 0.1) is 42.2 Å². The zero-order valence-corrected chi connectivity index (χ0v) is 12.5. The summed E-state index contributed by atoms with van der Waals surface area (Å²) >= 11 is 0. The van der Waals surface area contributed by atoms with Crippen molar-refractivity contribution in [3.63, 3.8) is 0 Å². The number of amides is 1. The molecule has 0 unspecified atom stereocenters. The summed E-state index contributed by atoms with van der Waals surface area (Å²) in [4.78, 5) is 30.0. The Balaban J connectivity index is 2.28. The first-order valence-corrected chi connectivity index (χ1v) is 7.13. The normalized spacial score (nSPS) is 10.0. The highest BCUT2D eigenvalue weighted by Gasteiger charge is 2.15. The van der Waals surface area contributed by atoms with Crippen molar-refractivity contribution >= 4 is 16.9 Å². The topological polar surface area (TPSA) is 103 Å². The molecule has 0 spiro atoms. The third-order valence-corrected chi connectivity index (χ3v) is 3.39. The quantitative estimate of drug-likeness (QED) is 0.793. The molecule has 0 aliphatic heterocycles. The second-order valence-corrected chi connectivity index (χ2v) is 4.87. The van der Waals surface area contributed by atoms with Gasteiger partial charge in [-0.05, 0) is 12.1 Å². The lowest BCUT2D eigenvalue weighted by atomic mass is 10.3. The van der Waals surface area contributed by atoms with E-state index in [1.54, 1.807) is 24.3 Å². The maximum Gasteiger partial charge on any atom is 0.269 e. The van der Waals surface area contributed by atoms with E-state index in [9.17, 15) is 9.59 Å². The molecule has 2 aromatic rings. The van der Waals surface area contributed by atoms with Crippen molar-refractivity contribution in [1.82, 2.24) is 14.5 Å². The number of carbonyl (C=O) groups excluding carboxylic acids is 1. The first-order chi connectivity index (χ1) is 11.2. The minimum Gasteiger partial charge on any atom is -0.339 e. The summed E-state index contributed by atoms with van der Waals surface area (Å²) in [6.45, 7) is 0.349. The van der Waals surface area contributed by atoms with Crippen LogP contribution in [0.2, 0.25) is 0 Å². The smallest absolute Gasteiger partial charge is 0.269 e. The summed E-state index contributed by atoms with van der Waals surface area (Å²) in [6, 6.07) is 11.0. The summed E-state index contributed by atoms with van der Waals surface area (Å²) in [6.07, 6.45) is 1.55. The molecule has 7 heteroatoms. The molecule has 0 saturated carbocycles. The van der Waals surface area contributed by atoms with Gasteiger partial charge in [-0.2, -0.15) is 10.5 Å². The van der Waals surface area contributed by atoms with E-state index in [4.69, 9.17) is 10.5 Å². The van der Waals surface area contributed by atoms with Crippen LogP contribution in [0.4, 0.5) is 0 Å². The third-order valence-electron chi connectivity index (χ3n) is 3.39. The van der Waals surface area contributed by atoms with Crippen molar-refractivity contribution in [3.05, 3.63) is 40.8 Å². The van der Waals surface area contributed by atoms with E-state index in [2.05, 4.69) is 4.98 Å². The maximum absolute atomic E-state index is 12.4. The standard InChI is InChI=1S/C16H15N5O2/c17-7-3-9-20(10-4-8-18)16(23)12-21-14-6-2-1-5-13(14)19-11-15(21)22/h1-2,5-6,11H,3-4,9-10,12H2. The Morgan fingerprint density at radius 2 is 1.83 bits per heavy atom. The van der Waals surface area contributed by atoms with Crippen LogP contribution >= 0.6 is 0 Å². The van der Waals surface area contributed by atoms with E-state index in [1.165, 1.54) is 15.7 Å². The number of rotatable bonds is 6. The predicted molar refractivity (Wildman–Crippen MR) is 83.0 cm³/mol. The van der Waals surface area contributed by atoms with Crippen LogP contribution < -0.4 is 5.56 Å². The van der Waals surface area contributed by atoms with Crippen LogP contribution in [0.1, 0.15) is 12.8 Å². The number of para-hydroxylation sites is 2. The first-order valence-electron chi connectivity index (χ1n) is 7.13. The van der Waals surface area contributed by atoms with Crippen LogP contribution in [-0.2, 0) is 11.3 Å². The number of nitriles is 2. The van der Waals surface area contributed by atoms with Crippen LogP contribution in [-0.4, -0.2) is 33.4 Å². The Kier molecular flexibility index (Phi) is 5.43. The zero-order chi connectivity index (χ0) is 16.7. The van der Waals surface area contributed by atoms with E-state index in [0.717, 1.165) is 0 Å². The van der Waals surface area contributed by atoms with Gasteiger partial charge in [0, 0.05) is 13.1 Å². The number of fused-ring (bicyclic) bond motifs is 1. The molecule has 0 radical (unpaired) electrons. The number of nitrogens with zero attached hydrogens (tertiary/aromatic N) is 5. The summed E-state index contributed by atoms with van der Waals surface area (Å²) in [5.41, 5.74) is 0.840. The molecule has 1 aromatic carbocycles. The second-order valence-electron chi connectivity index (χ2n) is 4.87. The second kappa shape index (κ2) is 7.71. The molecule has 0 fully saturated rings. The minimum absolute atomic E-state index is 0.140. The molecule has 0 atom stereocenters. The van der Waals surface area contributed by atoms with Gasteiger partial charge in [-0.3, -0.25) is 14.2 Å². The molecule has 0 aliphatic rings. The third kappa shape index (κ3) is 3.92. The van der Waals surface area contributed by atoms with Gasteiger partial charge >= 0.3 is 0 Å². The SMILES string of the molecule is N#CCCN(CCC#N)C(=O)Cn1c(=O)cnc2ccccc21. The maximum atomic E-state index is 12.4. The molecule has 0 bridgehead atoms. The van der Waals surface area contributed by atoms with E-state index >= 15 is 0 Å². The van der Waals surface area contributed by atoms with Gasteiger partial charge < -0.3 is 4.90 Å². The van der Waals surface area contributed by atoms with Gasteiger partial charge in [0.1, 0.15) is 6.54 Å². The fourth-order valence-electron chi connectivity index (χ4n) is 2.24. The van der Waals surface area contributed by atoms with Crippen LogP contribution in [0.15, 0.2) is 35.3 Å². The van der Waals surface area contributed by atoms with Crippen molar-refractivity contribution in [1.29, 1.82) is 10.5 Å². The Morgan fingerprint density at radius 3 is 2.48 bits per heavy atom. The van der Waals surface area contributed by atoms with Crippen LogP contribution in [0.5, 0.6) is 0 Å². The molecule has 0 aliphatic carbocycles. The highest BCUT2D eigenvalue weighted by Crippen LogP contribution is 2.09. The Morgan fingerprint density at radius 1 is 1.17 bits per heavy atom. The Labute approximate surface area is 133 Å². The van der Waals surface area contributed by atoms with Crippen molar-refractivity contribution in [2.24, 2.45) is 0 Å². The number of hydrogen-bond donors (Lipinski definition) is 0. The number of hydrogen-bond acceptors (Lipinski definition) is 5. The lowest BCUT2D eigenvalue weighted by molar-refractivity contribution is -0.131. The average molecular weight is 309 g/mol. The molecule has 1 aromatic heterocycles. The van der Waals surface area contributed by atoms with Crippen molar-refractivity contribution in [2.45, 2.75) is 19.4 Å². The summed E-state index contributed by atoms with van der Waals surface area (Å²) in [7, 11) is 0. The van der Waals surface area contributed by atoms with Crippen molar-refractivity contribution in [2.75, 3.05) is 13.1 Å². The molecule has 7 nitrogen and oxygen atoms in total. The van der Waals surface area contributed by atoms with Gasteiger partial charge in [-0.15, -0.1) is 0 Å². The molecular weight excluding hydrogens is 294 g/mol. The lowest BCUT2D eigenvalue weighted by Crippen LogP contribution is -2.37. The van der Waals surface area contributed by atoms with Gasteiger partial charge in [-0.25, -0.2) is 4.98 Å². The largest absolute Gasteiger partial charge is 0.339 e. The van der Waals surface area contributed by atoms with Crippen LogP contribution in [0.25, 0.3) is 11.0 Å². The zero-order valence-electron chi connectivity index (χ0n) is 12.5. The van der Waals surface area contributed by atoms with Gasteiger partial charge in [0.25, 0.3) is 5.56 Å². The fraction of sp³-hybridized carbons (Fsp3) is 0.312. The van der Waals surface area contributed by atoms with E-state index in [-0.39, 0.29) is 43.9 Å². The molecule has 2 rings (SSSR count). The Hall–Kier alpha value is -3.19. The molecule has 116 valence electrons. The van der Waals surface area contributed by atoms with Crippen LogP contribution in [0, 0.1) is 22.7 Å². The highest BCUT2D eigenvalue weighted by molar-refractivity contribution is 5.80. The van der Waals surface area contributed by atoms with Gasteiger partial charge in [0.2, 0.25) is 5.91 Å². The Bertz CT molecular complexity index is 826.